The zero-order valence-electron chi connectivity index (χ0n) is 15.0. The molecule has 14 heteroatoms. The summed E-state index contributed by atoms with van der Waals surface area (Å²) in [6, 6.07) is 1.08. The maximum Gasteiger partial charge on any atom is 0.417 e. The molecule has 0 fully saturated rings. The smallest absolute Gasteiger partial charge is 0.417 e. The highest BCUT2D eigenvalue weighted by atomic mass is 19.4. The Labute approximate surface area is 171 Å². The number of hydrogen-bond donors (Lipinski definition) is 4. The van der Waals surface area contributed by atoms with E-state index in [9.17, 15) is 45.5 Å². The Morgan fingerprint density at radius 3 is 1.00 bits per heavy atom. The quantitative estimate of drug-likeness (QED) is 0.480. The molecule has 0 unspecified atom stereocenters. The van der Waals surface area contributed by atoms with Crippen molar-refractivity contribution < 1.29 is 65.9 Å². The van der Waals surface area contributed by atoms with Gasteiger partial charge in [0.25, 0.3) is 0 Å². The van der Waals surface area contributed by atoms with Gasteiger partial charge in [-0.05, 0) is 23.3 Å². The monoisotopic (exact) mass is 466 g/mol. The fourth-order valence-electron chi connectivity index (χ4n) is 3.04. The highest BCUT2D eigenvalue weighted by molar-refractivity contribution is 6.07. The highest BCUT2D eigenvalue weighted by Gasteiger charge is 2.45. The predicted octanol–water partition coefficient (Wildman–Crippen LogP) is 4.18. The number of alkyl halides is 6. The molecule has 32 heavy (non-hydrogen) atoms. The largest absolute Gasteiger partial charge is 0.478 e. The molecule has 8 nitrogen and oxygen atoms in total. The van der Waals surface area contributed by atoms with Crippen molar-refractivity contribution in [2.75, 3.05) is 0 Å². The molecule has 0 saturated heterocycles. The van der Waals surface area contributed by atoms with Gasteiger partial charge in [0.2, 0.25) is 0 Å². The average Bonchev–Trinajstić information content (AvgIpc) is 2.63. The molecular weight excluding hydrogens is 458 g/mol. The van der Waals surface area contributed by atoms with Gasteiger partial charge in [-0.25, -0.2) is 19.2 Å². The number of halogens is 6. The maximum atomic E-state index is 13.7. The van der Waals surface area contributed by atoms with Gasteiger partial charge in [-0.15, -0.1) is 0 Å². The third-order valence-corrected chi connectivity index (χ3v) is 4.16. The third kappa shape index (κ3) is 4.19. The van der Waals surface area contributed by atoms with Gasteiger partial charge in [-0.1, -0.05) is 12.1 Å². The lowest BCUT2D eigenvalue weighted by molar-refractivity contribution is -0.139. The van der Waals surface area contributed by atoms with Crippen LogP contribution in [0.3, 0.4) is 0 Å². The third-order valence-electron chi connectivity index (χ3n) is 4.16. The van der Waals surface area contributed by atoms with Crippen molar-refractivity contribution in [2.24, 2.45) is 0 Å². The second-order valence-electron chi connectivity index (χ2n) is 6.04. The lowest BCUT2D eigenvalue weighted by atomic mass is 9.86. The standard InChI is InChI=1S/C18H8F6O8/c19-17(20,21)11-5(1-3-7(13(25)26)9(11)15(29)30)6-2-4-8(14(27)28)10(16(31)32)12(6)18(22,23)24/h1-4H,(H,25,26)(H,27,28)(H,29,30)(H,31,32). The van der Waals surface area contributed by atoms with Crippen LogP contribution < -0.4 is 0 Å². The minimum Gasteiger partial charge on any atom is -0.478 e. The molecule has 0 amide bonds. The predicted molar refractivity (Wildman–Crippen MR) is 89.7 cm³/mol. The number of rotatable bonds is 5. The summed E-state index contributed by atoms with van der Waals surface area (Å²) >= 11 is 0. The van der Waals surface area contributed by atoms with Crippen LogP contribution in [-0.2, 0) is 12.4 Å². The zero-order valence-corrected chi connectivity index (χ0v) is 15.0. The van der Waals surface area contributed by atoms with Crippen molar-refractivity contribution in [2.45, 2.75) is 12.4 Å². The first-order valence-corrected chi connectivity index (χ1v) is 7.92. The van der Waals surface area contributed by atoms with E-state index in [1.807, 2.05) is 0 Å². The first-order valence-electron chi connectivity index (χ1n) is 7.92. The SMILES string of the molecule is O=C(O)c1ccc(-c2ccc(C(=O)O)c(C(=O)O)c2C(F)(F)F)c(C(F)(F)F)c1C(=O)O. The molecule has 0 bridgehead atoms. The fraction of sp³-hybridized carbons (Fsp3) is 0.111. The molecule has 170 valence electrons. The number of carboxylic acid groups (broad SMARTS) is 4. The van der Waals surface area contributed by atoms with Gasteiger partial charge in [0.05, 0.1) is 33.4 Å². The van der Waals surface area contributed by atoms with E-state index in [1.54, 1.807) is 0 Å². The molecule has 2 rings (SSSR count). The minimum absolute atomic E-state index is 0.232. The van der Waals surface area contributed by atoms with Crippen molar-refractivity contribution in [3.63, 3.8) is 0 Å². The van der Waals surface area contributed by atoms with Crippen LogP contribution in [0.2, 0.25) is 0 Å². The number of carbonyl (C=O) groups is 4. The van der Waals surface area contributed by atoms with Gasteiger partial charge in [0.1, 0.15) is 0 Å². The summed E-state index contributed by atoms with van der Waals surface area (Å²) in [6.45, 7) is 0. The van der Waals surface area contributed by atoms with Gasteiger partial charge in [-0.3, -0.25) is 0 Å². The summed E-state index contributed by atoms with van der Waals surface area (Å²) < 4.78 is 82.5. The van der Waals surface area contributed by atoms with Gasteiger partial charge in [-0.2, -0.15) is 26.3 Å². The van der Waals surface area contributed by atoms with Gasteiger partial charge >= 0.3 is 36.2 Å². The second kappa shape index (κ2) is 7.86. The number of benzene rings is 2. The molecule has 0 aliphatic carbocycles. The Morgan fingerprint density at radius 1 is 0.531 bits per heavy atom. The van der Waals surface area contributed by atoms with Gasteiger partial charge < -0.3 is 20.4 Å². The molecule has 4 N–H and O–H groups in total. The Hall–Kier alpha value is -4.10. The molecule has 0 aliphatic rings. The first kappa shape index (κ1) is 24.2. The summed E-state index contributed by atoms with van der Waals surface area (Å²) in [5.74, 6) is -9.10. The average molecular weight is 466 g/mol. The summed E-state index contributed by atoms with van der Waals surface area (Å²) in [7, 11) is 0. The van der Waals surface area contributed by atoms with Crippen LogP contribution in [0.15, 0.2) is 24.3 Å². The van der Waals surface area contributed by atoms with E-state index in [2.05, 4.69) is 0 Å². The summed E-state index contributed by atoms with van der Waals surface area (Å²) in [6.07, 6.45) is -11.4. The Kier molecular flexibility index (Phi) is 5.94. The van der Waals surface area contributed by atoms with E-state index < -0.39 is 80.7 Å². The van der Waals surface area contributed by atoms with Crippen molar-refractivity contribution in [1.82, 2.24) is 0 Å². The maximum absolute atomic E-state index is 13.7. The zero-order chi connectivity index (χ0) is 24.8. The minimum atomic E-state index is -5.70. The van der Waals surface area contributed by atoms with E-state index in [0.29, 0.717) is 12.1 Å². The van der Waals surface area contributed by atoms with Gasteiger partial charge in [0, 0.05) is 0 Å². The van der Waals surface area contributed by atoms with Crippen molar-refractivity contribution in [3.05, 3.63) is 57.6 Å². The summed E-state index contributed by atoms with van der Waals surface area (Å²) in [4.78, 5) is 45.2. The molecular formula is C18H8F6O8. The van der Waals surface area contributed by atoms with E-state index in [1.165, 1.54) is 0 Å². The van der Waals surface area contributed by atoms with E-state index in [4.69, 9.17) is 20.4 Å². The molecule has 0 saturated carbocycles. The first-order chi connectivity index (χ1) is 14.5. The van der Waals surface area contributed by atoms with Crippen LogP contribution in [0.5, 0.6) is 0 Å². The van der Waals surface area contributed by atoms with E-state index >= 15 is 0 Å². The van der Waals surface area contributed by atoms with E-state index in [0.717, 1.165) is 0 Å². The van der Waals surface area contributed by atoms with Crippen LogP contribution in [0.1, 0.15) is 52.6 Å². The van der Waals surface area contributed by atoms with Crippen LogP contribution in [0.25, 0.3) is 11.1 Å². The van der Waals surface area contributed by atoms with Crippen molar-refractivity contribution in [1.29, 1.82) is 0 Å². The normalized spacial score (nSPS) is 11.8. The van der Waals surface area contributed by atoms with Crippen LogP contribution >= 0.6 is 0 Å². The fourth-order valence-corrected chi connectivity index (χ4v) is 3.04. The molecule has 0 aromatic heterocycles. The molecule has 0 atom stereocenters. The van der Waals surface area contributed by atoms with Crippen molar-refractivity contribution in [3.8, 4) is 11.1 Å². The van der Waals surface area contributed by atoms with Crippen molar-refractivity contribution >= 4 is 23.9 Å². The number of carboxylic acids is 4. The Bertz CT molecular complexity index is 1070. The Balaban J connectivity index is 3.21. The molecule has 2 aromatic carbocycles. The summed E-state index contributed by atoms with van der Waals surface area (Å²) in [5, 5.41) is 36.3. The van der Waals surface area contributed by atoms with Crippen LogP contribution in [0.4, 0.5) is 26.3 Å². The molecule has 0 spiro atoms. The molecule has 0 radical (unpaired) electrons. The van der Waals surface area contributed by atoms with E-state index in [-0.39, 0.29) is 12.1 Å². The molecule has 0 aliphatic heterocycles. The molecule has 2 aromatic rings. The lowest BCUT2D eigenvalue weighted by Gasteiger charge is -2.22. The number of aromatic carboxylic acids is 4. The van der Waals surface area contributed by atoms with Crippen LogP contribution in [-0.4, -0.2) is 44.3 Å². The summed E-state index contributed by atoms with van der Waals surface area (Å²) in [5.41, 5.74) is -14.1. The second-order valence-corrected chi connectivity index (χ2v) is 6.04. The van der Waals surface area contributed by atoms with Gasteiger partial charge in [0.15, 0.2) is 0 Å². The van der Waals surface area contributed by atoms with Crippen LogP contribution in [0, 0.1) is 0 Å². The Morgan fingerprint density at radius 2 is 0.812 bits per heavy atom. The lowest BCUT2D eigenvalue weighted by Crippen LogP contribution is -2.22. The topological polar surface area (TPSA) is 149 Å². The molecule has 0 heterocycles. The number of hydrogen-bond acceptors (Lipinski definition) is 4. The highest BCUT2D eigenvalue weighted by Crippen LogP contribution is 2.46.